The lowest BCUT2D eigenvalue weighted by Gasteiger charge is -2.44. The molecule has 0 radical (unpaired) electrons. The van der Waals surface area contributed by atoms with Crippen molar-refractivity contribution < 1.29 is 28.5 Å². The second-order valence-corrected chi connectivity index (χ2v) is 16.5. The van der Waals surface area contributed by atoms with E-state index in [1.54, 1.807) is 0 Å². The van der Waals surface area contributed by atoms with Gasteiger partial charge in [0.15, 0.2) is 17.4 Å². The largest absolute Gasteiger partial charge is 0.348 e. The van der Waals surface area contributed by atoms with Crippen LogP contribution in [0.2, 0.25) is 0 Å². The van der Waals surface area contributed by atoms with Crippen molar-refractivity contribution in [3.63, 3.8) is 0 Å². The Labute approximate surface area is 278 Å². The summed E-state index contributed by atoms with van der Waals surface area (Å²) in [6.07, 6.45) is 24.0. The van der Waals surface area contributed by atoms with E-state index in [4.69, 9.17) is 24.7 Å². The molecule has 2 spiro atoms. The molecule has 7 fully saturated rings. The molecule has 8 rings (SSSR count). The van der Waals surface area contributed by atoms with Crippen LogP contribution in [0.1, 0.15) is 136 Å². The van der Waals surface area contributed by atoms with Gasteiger partial charge < -0.3 is 24.7 Å². The Morgan fingerprint density at radius 1 is 0.609 bits per heavy atom. The first-order valence-corrected chi connectivity index (χ1v) is 19.3. The highest BCUT2D eigenvalue weighted by molar-refractivity contribution is 5.91. The van der Waals surface area contributed by atoms with Crippen molar-refractivity contribution in [2.75, 3.05) is 26.4 Å². The van der Waals surface area contributed by atoms with Gasteiger partial charge in [0, 0.05) is 44.9 Å². The molecule has 0 aromatic carbocycles. The van der Waals surface area contributed by atoms with E-state index >= 15 is 0 Å². The molecule has 7 nitrogen and oxygen atoms in total. The summed E-state index contributed by atoms with van der Waals surface area (Å²) in [7, 11) is 0. The topological polar surface area (TPSA) is 97.1 Å². The number of ketones is 2. The molecule has 2 saturated heterocycles. The molecule has 2 N–H and O–H groups in total. The molecule has 260 valence electrons. The number of carbonyl (C=O) groups excluding carboxylic acids is 2. The number of nitrogens with two attached hydrogens (primary N) is 1. The fourth-order valence-corrected chi connectivity index (χ4v) is 10.5. The molecule has 0 aromatic rings. The number of ether oxygens (including phenoxy) is 4. The lowest BCUT2D eigenvalue weighted by molar-refractivity contribution is -0.186. The Hall–Kier alpha value is -1.12. The zero-order valence-electron chi connectivity index (χ0n) is 29.0. The maximum Gasteiger partial charge on any atom is 0.168 e. The number of allylic oxidation sites excluding steroid dienone is 2. The normalized spacial score (nSPS) is 37.1. The fourth-order valence-electron chi connectivity index (χ4n) is 10.5. The van der Waals surface area contributed by atoms with Gasteiger partial charge in [0.2, 0.25) is 0 Å². The maximum absolute atomic E-state index is 11.6. The zero-order chi connectivity index (χ0) is 32.1. The smallest absolute Gasteiger partial charge is 0.168 e. The third-order valence-electron chi connectivity index (χ3n) is 13.0. The van der Waals surface area contributed by atoms with E-state index in [-0.39, 0.29) is 11.6 Å². The molecule has 8 aliphatic rings. The minimum absolute atomic E-state index is 0.203. The molecule has 5 unspecified atom stereocenters. The molecule has 5 saturated carbocycles. The van der Waals surface area contributed by atoms with E-state index in [0.717, 1.165) is 120 Å². The Morgan fingerprint density at radius 2 is 1.09 bits per heavy atom. The van der Waals surface area contributed by atoms with Crippen molar-refractivity contribution >= 4 is 11.6 Å². The second-order valence-electron chi connectivity index (χ2n) is 16.5. The molecule has 7 heteroatoms. The fraction of sp³-hybridized carbons (Fsp3) is 0.897. The van der Waals surface area contributed by atoms with Crippen LogP contribution in [0.3, 0.4) is 0 Å². The Bertz CT molecular complexity index is 1040. The Balaban J connectivity index is 0.000000145. The van der Waals surface area contributed by atoms with E-state index in [2.05, 4.69) is 0 Å². The van der Waals surface area contributed by atoms with E-state index < -0.39 is 0 Å². The molecule has 5 atom stereocenters. The lowest BCUT2D eigenvalue weighted by atomic mass is 9.62. The maximum atomic E-state index is 11.6. The quantitative estimate of drug-likeness (QED) is 0.330. The van der Waals surface area contributed by atoms with Crippen molar-refractivity contribution in [2.24, 2.45) is 47.2 Å². The van der Waals surface area contributed by atoms with Crippen LogP contribution in [0.25, 0.3) is 0 Å². The average Bonchev–Trinajstić information content (AvgIpc) is 3.71. The molecular weight excluding hydrogens is 578 g/mol. The monoisotopic (exact) mass is 641 g/mol. The minimum atomic E-state index is -0.215. The van der Waals surface area contributed by atoms with Gasteiger partial charge in [-0.15, -0.1) is 0 Å². The van der Waals surface area contributed by atoms with Gasteiger partial charge in [-0.1, -0.05) is 19.4 Å². The van der Waals surface area contributed by atoms with Crippen LogP contribution in [0.15, 0.2) is 11.6 Å². The summed E-state index contributed by atoms with van der Waals surface area (Å²) >= 11 is 0. The molecule has 2 aliphatic heterocycles. The third-order valence-corrected chi connectivity index (χ3v) is 13.0. The first kappa shape index (κ1) is 34.7. The predicted molar refractivity (Wildman–Crippen MR) is 179 cm³/mol. The van der Waals surface area contributed by atoms with E-state index in [0.29, 0.717) is 23.5 Å². The van der Waals surface area contributed by atoms with E-state index in [1.165, 1.54) is 69.8 Å². The summed E-state index contributed by atoms with van der Waals surface area (Å²) < 4.78 is 23.4. The van der Waals surface area contributed by atoms with Gasteiger partial charge >= 0.3 is 0 Å². The van der Waals surface area contributed by atoms with Crippen molar-refractivity contribution in [2.45, 2.75) is 153 Å². The first-order valence-electron chi connectivity index (χ1n) is 19.3. The summed E-state index contributed by atoms with van der Waals surface area (Å²) in [6.45, 7) is 7.01. The molecule has 46 heavy (non-hydrogen) atoms. The first-order chi connectivity index (χ1) is 22.2. The second kappa shape index (κ2) is 15.6. The van der Waals surface area contributed by atoms with E-state index in [1.807, 2.05) is 19.9 Å². The van der Waals surface area contributed by atoms with E-state index in [9.17, 15) is 9.59 Å². The average molecular weight is 642 g/mol. The molecule has 6 aliphatic carbocycles. The standard InChI is InChI=1S/C18H28O3.C18H26O3.C3H9N/c2*19-17-4-3-15-11-14(1-2-16(15)12-17)13-5-7-18(8-6-13)20-9-10-21-18;1-3(2)4/h13-16H,1-12H2;12-15H,1-11H2;3H,4H2,1-2H3. The van der Waals surface area contributed by atoms with Crippen LogP contribution >= 0.6 is 0 Å². The van der Waals surface area contributed by atoms with Crippen LogP contribution in [-0.2, 0) is 28.5 Å². The van der Waals surface area contributed by atoms with Gasteiger partial charge in [0.1, 0.15) is 5.78 Å². The summed E-state index contributed by atoms with van der Waals surface area (Å²) in [5.41, 5.74) is 6.57. The summed E-state index contributed by atoms with van der Waals surface area (Å²) in [5.74, 6) is 6.21. The molecule has 0 amide bonds. The van der Waals surface area contributed by atoms with Crippen molar-refractivity contribution in [3.8, 4) is 0 Å². The number of rotatable bonds is 2. The SMILES string of the molecule is CC(C)N.O=C1C=C2CCC(C3CCC4(CC3)OCCO4)CC2CC1.O=C1CCC2CC(C3CCC4(CC3)OCCO4)CCC2C1. The number of carbonyl (C=O) groups is 2. The van der Waals surface area contributed by atoms with Gasteiger partial charge in [0.05, 0.1) is 26.4 Å². The number of hydrogen-bond acceptors (Lipinski definition) is 7. The van der Waals surface area contributed by atoms with Crippen molar-refractivity contribution in [1.29, 1.82) is 0 Å². The number of fused-ring (bicyclic) bond motifs is 2. The number of hydrogen-bond donors (Lipinski definition) is 1. The van der Waals surface area contributed by atoms with Gasteiger partial charge in [-0.25, -0.2) is 0 Å². The molecule has 0 bridgehead atoms. The van der Waals surface area contributed by atoms with Crippen LogP contribution in [-0.4, -0.2) is 55.6 Å². The molecular formula is C39H63NO6. The van der Waals surface area contributed by atoms with Gasteiger partial charge in [-0.2, -0.15) is 0 Å². The van der Waals surface area contributed by atoms with Crippen molar-refractivity contribution in [3.05, 3.63) is 11.6 Å². The van der Waals surface area contributed by atoms with Gasteiger partial charge in [-0.3, -0.25) is 9.59 Å². The van der Waals surface area contributed by atoms with Crippen LogP contribution in [0.4, 0.5) is 0 Å². The van der Waals surface area contributed by atoms with Gasteiger partial charge in [-0.05, 0) is 131 Å². The van der Waals surface area contributed by atoms with Crippen LogP contribution < -0.4 is 5.73 Å². The molecule has 2 heterocycles. The minimum Gasteiger partial charge on any atom is -0.348 e. The van der Waals surface area contributed by atoms with Crippen LogP contribution in [0, 0.1) is 41.4 Å². The number of Topliss-reactive ketones (excluding diaryl/α,β-unsaturated/α-hetero) is 1. The summed E-state index contributed by atoms with van der Waals surface area (Å²) in [6, 6.07) is 0.333. The lowest BCUT2D eigenvalue weighted by Crippen LogP contribution is -2.39. The summed E-state index contributed by atoms with van der Waals surface area (Å²) in [5, 5.41) is 0. The zero-order valence-corrected chi connectivity index (χ0v) is 29.0. The van der Waals surface area contributed by atoms with Gasteiger partial charge in [0.25, 0.3) is 0 Å². The third kappa shape index (κ3) is 8.72. The van der Waals surface area contributed by atoms with Crippen LogP contribution in [0.5, 0.6) is 0 Å². The Morgan fingerprint density at radius 3 is 1.65 bits per heavy atom. The highest BCUT2D eigenvalue weighted by Crippen LogP contribution is 2.50. The highest BCUT2D eigenvalue weighted by Gasteiger charge is 2.45. The highest BCUT2D eigenvalue weighted by atomic mass is 16.7. The molecule has 0 aromatic heterocycles. The summed E-state index contributed by atoms with van der Waals surface area (Å²) in [4.78, 5) is 23.2. The predicted octanol–water partition coefficient (Wildman–Crippen LogP) is 7.68. The van der Waals surface area contributed by atoms with Crippen molar-refractivity contribution in [1.82, 2.24) is 0 Å². The Kier molecular flexibility index (Phi) is 11.8.